The lowest BCUT2D eigenvalue weighted by Gasteiger charge is -2.32. The molecule has 1 saturated heterocycles. The first-order valence-corrected chi connectivity index (χ1v) is 11.7. The van der Waals surface area contributed by atoms with Gasteiger partial charge in [-0.2, -0.15) is 5.10 Å². The van der Waals surface area contributed by atoms with E-state index >= 15 is 0 Å². The molecule has 1 aliphatic rings. The largest absolute Gasteiger partial charge is 0.337 e. The Labute approximate surface area is 180 Å². The molecule has 1 fully saturated rings. The van der Waals surface area contributed by atoms with Crippen molar-refractivity contribution in [3.05, 3.63) is 70.1 Å². The van der Waals surface area contributed by atoms with E-state index in [1.54, 1.807) is 53.4 Å². The van der Waals surface area contributed by atoms with Crippen LogP contribution in [0.2, 0.25) is 0 Å². The zero-order valence-corrected chi connectivity index (χ0v) is 18.0. The molecule has 31 heavy (non-hydrogen) atoms. The summed E-state index contributed by atoms with van der Waals surface area (Å²) in [5.41, 5.74) is 0.856. The van der Waals surface area contributed by atoms with Crippen molar-refractivity contribution in [1.82, 2.24) is 19.8 Å². The van der Waals surface area contributed by atoms with Gasteiger partial charge in [0.25, 0.3) is 11.5 Å². The Bertz CT molecular complexity index is 1270. The maximum atomic E-state index is 13.1. The van der Waals surface area contributed by atoms with Crippen molar-refractivity contribution in [2.24, 2.45) is 5.92 Å². The number of fused-ring (bicyclic) bond motifs is 1. The minimum Gasteiger partial charge on any atom is -0.337 e. The molecule has 1 unspecified atom stereocenters. The molecule has 8 nitrogen and oxygen atoms in total. The molecule has 0 radical (unpaired) electrons. The molecular formula is C22H24N4O4S. The number of sulfonamides is 1. The van der Waals surface area contributed by atoms with E-state index in [4.69, 9.17) is 0 Å². The summed E-state index contributed by atoms with van der Waals surface area (Å²) in [6, 6.07) is 13.6. The molecule has 3 aromatic rings. The summed E-state index contributed by atoms with van der Waals surface area (Å²) in [5.74, 6) is -0.273. The first-order valence-electron chi connectivity index (χ1n) is 10.2. The molecule has 0 aliphatic carbocycles. The number of rotatable bonds is 5. The molecule has 1 aliphatic heterocycles. The highest BCUT2D eigenvalue weighted by Gasteiger charge is 2.28. The van der Waals surface area contributed by atoms with Crippen LogP contribution in [0, 0.1) is 12.8 Å². The summed E-state index contributed by atoms with van der Waals surface area (Å²) >= 11 is 0. The number of nitrogens with one attached hydrogen (secondary N) is 2. The van der Waals surface area contributed by atoms with Crippen molar-refractivity contribution >= 4 is 26.7 Å². The van der Waals surface area contributed by atoms with Crippen LogP contribution in [0.4, 0.5) is 0 Å². The summed E-state index contributed by atoms with van der Waals surface area (Å²) < 4.78 is 27.8. The average molecular weight is 441 g/mol. The van der Waals surface area contributed by atoms with Crippen molar-refractivity contribution in [2.45, 2.75) is 24.7 Å². The third-order valence-corrected chi connectivity index (χ3v) is 7.04. The Morgan fingerprint density at radius 1 is 1.16 bits per heavy atom. The predicted octanol–water partition coefficient (Wildman–Crippen LogP) is 2.06. The van der Waals surface area contributed by atoms with Gasteiger partial charge >= 0.3 is 0 Å². The van der Waals surface area contributed by atoms with Gasteiger partial charge in [0.15, 0.2) is 5.69 Å². The number of benzene rings is 2. The number of aromatic amines is 1. The van der Waals surface area contributed by atoms with Gasteiger partial charge < -0.3 is 4.90 Å². The predicted molar refractivity (Wildman–Crippen MR) is 117 cm³/mol. The average Bonchev–Trinajstić information content (AvgIpc) is 2.78. The second kappa shape index (κ2) is 8.60. The fraction of sp³-hybridized carbons (Fsp3) is 0.318. The highest BCUT2D eigenvalue weighted by Crippen LogP contribution is 2.21. The van der Waals surface area contributed by atoms with Crippen LogP contribution < -0.4 is 10.3 Å². The third kappa shape index (κ3) is 4.52. The number of nitrogens with zero attached hydrogens (tertiary/aromatic N) is 2. The van der Waals surface area contributed by atoms with Gasteiger partial charge in [-0.05, 0) is 43.9 Å². The van der Waals surface area contributed by atoms with Gasteiger partial charge in [-0.15, -0.1) is 0 Å². The van der Waals surface area contributed by atoms with Crippen LogP contribution >= 0.6 is 0 Å². The lowest BCUT2D eigenvalue weighted by atomic mass is 9.98. The molecule has 162 valence electrons. The summed E-state index contributed by atoms with van der Waals surface area (Å²) in [6.07, 6.45) is 1.59. The molecule has 1 aromatic heterocycles. The molecule has 2 aromatic carbocycles. The zero-order chi connectivity index (χ0) is 22.0. The highest BCUT2D eigenvalue weighted by molar-refractivity contribution is 7.89. The smallest absolute Gasteiger partial charge is 0.274 e. The standard InChI is InChI=1S/C22H24N4O4S/c1-15-8-10-17(11-9-15)31(29,30)23-13-16-5-4-12-26(14-16)22(28)20-18-6-2-3-7-19(18)21(27)25-24-20/h2-3,6-11,16,23H,4-5,12-14H2,1H3,(H,25,27). The van der Waals surface area contributed by atoms with Crippen LogP contribution in [-0.2, 0) is 10.0 Å². The van der Waals surface area contributed by atoms with Gasteiger partial charge in [-0.1, -0.05) is 35.9 Å². The molecule has 0 spiro atoms. The van der Waals surface area contributed by atoms with Gasteiger partial charge in [-0.25, -0.2) is 18.2 Å². The minimum atomic E-state index is -3.61. The number of aryl methyl sites for hydroxylation is 1. The van der Waals surface area contributed by atoms with Gasteiger partial charge in [0.1, 0.15) is 0 Å². The normalized spacial score (nSPS) is 17.1. The number of carbonyl (C=O) groups is 1. The SMILES string of the molecule is Cc1ccc(S(=O)(=O)NCC2CCCN(C(=O)c3n[nH]c(=O)c4ccccc34)C2)cc1. The van der Waals surface area contributed by atoms with E-state index in [-0.39, 0.29) is 34.5 Å². The van der Waals surface area contributed by atoms with Crippen molar-refractivity contribution in [2.75, 3.05) is 19.6 Å². The van der Waals surface area contributed by atoms with E-state index in [2.05, 4.69) is 14.9 Å². The van der Waals surface area contributed by atoms with Crippen molar-refractivity contribution in [3.63, 3.8) is 0 Å². The van der Waals surface area contributed by atoms with Gasteiger partial charge in [0.05, 0.1) is 10.3 Å². The topological polar surface area (TPSA) is 112 Å². The first-order chi connectivity index (χ1) is 14.8. The van der Waals surface area contributed by atoms with Crippen LogP contribution in [0.15, 0.2) is 58.2 Å². The van der Waals surface area contributed by atoms with Crippen LogP contribution in [0.3, 0.4) is 0 Å². The molecule has 1 amide bonds. The Kier molecular flexibility index (Phi) is 5.88. The summed E-state index contributed by atoms with van der Waals surface area (Å²) in [5, 5.41) is 7.32. The van der Waals surface area contributed by atoms with E-state index in [0.717, 1.165) is 18.4 Å². The number of H-pyrrole nitrogens is 1. The van der Waals surface area contributed by atoms with E-state index in [0.29, 0.717) is 23.9 Å². The summed E-state index contributed by atoms with van der Waals surface area (Å²) in [7, 11) is -3.61. The molecule has 9 heteroatoms. The molecule has 1 atom stereocenters. The van der Waals surface area contributed by atoms with Crippen LogP contribution in [0.25, 0.3) is 10.8 Å². The Balaban J connectivity index is 1.47. The maximum absolute atomic E-state index is 13.1. The van der Waals surface area contributed by atoms with Crippen molar-refractivity contribution in [3.8, 4) is 0 Å². The third-order valence-electron chi connectivity index (χ3n) is 5.60. The quantitative estimate of drug-likeness (QED) is 0.631. The van der Waals surface area contributed by atoms with Crippen LogP contribution in [0.5, 0.6) is 0 Å². The van der Waals surface area contributed by atoms with Crippen LogP contribution in [-0.4, -0.2) is 49.1 Å². The van der Waals surface area contributed by atoms with E-state index in [9.17, 15) is 18.0 Å². The molecular weight excluding hydrogens is 416 g/mol. The zero-order valence-electron chi connectivity index (χ0n) is 17.2. The van der Waals surface area contributed by atoms with E-state index in [1.807, 2.05) is 6.92 Å². The fourth-order valence-electron chi connectivity index (χ4n) is 3.87. The number of hydrogen-bond donors (Lipinski definition) is 2. The van der Waals surface area contributed by atoms with E-state index < -0.39 is 10.0 Å². The molecule has 4 rings (SSSR count). The number of likely N-dealkylation sites (tertiary alicyclic amines) is 1. The van der Waals surface area contributed by atoms with Gasteiger partial charge in [0.2, 0.25) is 10.0 Å². The fourth-order valence-corrected chi connectivity index (χ4v) is 4.99. The van der Waals surface area contributed by atoms with Crippen molar-refractivity contribution < 1.29 is 13.2 Å². The van der Waals surface area contributed by atoms with E-state index in [1.165, 1.54) is 0 Å². The monoisotopic (exact) mass is 440 g/mol. The van der Waals surface area contributed by atoms with Gasteiger partial charge in [-0.3, -0.25) is 9.59 Å². The number of carbonyl (C=O) groups excluding carboxylic acids is 1. The summed E-state index contributed by atoms with van der Waals surface area (Å²) in [4.78, 5) is 27.0. The number of amides is 1. The molecule has 2 N–H and O–H groups in total. The lowest BCUT2D eigenvalue weighted by Crippen LogP contribution is -2.44. The lowest BCUT2D eigenvalue weighted by molar-refractivity contribution is 0.0671. The molecule has 2 heterocycles. The first kappa shape index (κ1) is 21.2. The second-order valence-electron chi connectivity index (χ2n) is 7.87. The number of hydrogen-bond acceptors (Lipinski definition) is 5. The van der Waals surface area contributed by atoms with Crippen LogP contribution in [0.1, 0.15) is 28.9 Å². The Morgan fingerprint density at radius 3 is 2.61 bits per heavy atom. The van der Waals surface area contributed by atoms with Crippen molar-refractivity contribution in [1.29, 1.82) is 0 Å². The number of aromatic nitrogens is 2. The Hall–Kier alpha value is -3.04. The maximum Gasteiger partial charge on any atom is 0.274 e. The Morgan fingerprint density at radius 2 is 1.87 bits per heavy atom. The number of piperidine rings is 1. The second-order valence-corrected chi connectivity index (χ2v) is 9.64. The minimum absolute atomic E-state index is 0.00745. The molecule has 0 saturated carbocycles. The van der Waals surface area contributed by atoms with Gasteiger partial charge in [0, 0.05) is 25.0 Å². The molecule has 0 bridgehead atoms. The highest BCUT2D eigenvalue weighted by atomic mass is 32.2. The summed E-state index contributed by atoms with van der Waals surface area (Å²) in [6.45, 7) is 3.14.